The molecule has 1 aromatic carbocycles. The summed E-state index contributed by atoms with van der Waals surface area (Å²) in [5.41, 5.74) is 9.04. The van der Waals surface area contributed by atoms with Crippen molar-refractivity contribution in [3.63, 3.8) is 0 Å². The number of hydrogen-bond donors (Lipinski definition) is 2. The maximum atomic E-state index is 5.77. The molecule has 0 saturated carbocycles. The summed E-state index contributed by atoms with van der Waals surface area (Å²) in [6.07, 6.45) is 2.52. The number of pyridine rings is 1. The van der Waals surface area contributed by atoms with Crippen LogP contribution in [-0.4, -0.2) is 12.1 Å². The van der Waals surface area contributed by atoms with Crippen molar-refractivity contribution >= 4 is 0 Å². The number of methoxy groups -OCH3 is 1. The van der Waals surface area contributed by atoms with Crippen LogP contribution in [0.25, 0.3) is 0 Å². The average molecular weight is 285 g/mol. The molecule has 0 amide bonds. The van der Waals surface area contributed by atoms with Crippen LogP contribution >= 0.6 is 0 Å². The first kappa shape index (κ1) is 15.5. The molecule has 3 N–H and O–H groups in total. The van der Waals surface area contributed by atoms with E-state index in [2.05, 4.69) is 43.3 Å². The highest BCUT2D eigenvalue weighted by Crippen LogP contribution is 2.27. The van der Waals surface area contributed by atoms with Crippen molar-refractivity contribution in [2.45, 2.75) is 33.2 Å². The number of aryl methyl sites for hydroxylation is 3. The Bertz CT molecular complexity index is 602. The number of rotatable bonds is 5. The zero-order valence-electron chi connectivity index (χ0n) is 13.1. The minimum absolute atomic E-state index is 0.0336. The van der Waals surface area contributed by atoms with Gasteiger partial charge in [-0.3, -0.25) is 11.3 Å². The van der Waals surface area contributed by atoms with Gasteiger partial charge in [-0.25, -0.2) is 4.98 Å². The lowest BCUT2D eigenvalue weighted by Gasteiger charge is -2.21. The van der Waals surface area contributed by atoms with E-state index < -0.39 is 0 Å². The van der Waals surface area contributed by atoms with Crippen molar-refractivity contribution < 1.29 is 4.74 Å². The number of benzene rings is 1. The lowest BCUT2D eigenvalue weighted by molar-refractivity contribution is 0.382. The first-order chi connectivity index (χ1) is 10.1. The Labute approximate surface area is 126 Å². The van der Waals surface area contributed by atoms with Gasteiger partial charge in [0.2, 0.25) is 5.88 Å². The first-order valence-electron chi connectivity index (χ1n) is 7.08. The van der Waals surface area contributed by atoms with Crippen LogP contribution in [0, 0.1) is 20.8 Å². The van der Waals surface area contributed by atoms with Crippen molar-refractivity contribution in [1.29, 1.82) is 0 Å². The molecule has 0 bridgehead atoms. The molecule has 4 nitrogen and oxygen atoms in total. The van der Waals surface area contributed by atoms with Gasteiger partial charge in [0.15, 0.2) is 0 Å². The van der Waals surface area contributed by atoms with E-state index in [1.807, 2.05) is 12.1 Å². The third-order valence-electron chi connectivity index (χ3n) is 3.82. The minimum atomic E-state index is -0.0336. The van der Waals surface area contributed by atoms with Gasteiger partial charge in [0.25, 0.3) is 0 Å². The summed E-state index contributed by atoms with van der Waals surface area (Å²) < 4.78 is 5.34. The molecule has 2 aromatic rings. The number of ether oxygens (including phenoxy) is 1. The lowest BCUT2D eigenvalue weighted by Crippen LogP contribution is -2.30. The Morgan fingerprint density at radius 1 is 1.24 bits per heavy atom. The molecule has 0 spiro atoms. The van der Waals surface area contributed by atoms with Crippen LogP contribution < -0.4 is 16.0 Å². The molecule has 21 heavy (non-hydrogen) atoms. The predicted octanol–water partition coefficient (Wildman–Crippen LogP) is 2.76. The van der Waals surface area contributed by atoms with E-state index in [0.29, 0.717) is 5.88 Å². The molecular weight excluding hydrogens is 262 g/mol. The highest BCUT2D eigenvalue weighted by molar-refractivity contribution is 5.40. The Morgan fingerprint density at radius 3 is 2.48 bits per heavy atom. The second-order valence-electron chi connectivity index (χ2n) is 5.40. The standard InChI is InChI=1S/C17H23N3O/c1-11-8-12(2)15(13(3)9-11)10-16(20-18)14-6-5-7-19-17(14)21-4/h5-9,16,20H,10,18H2,1-4H3. The van der Waals surface area contributed by atoms with Gasteiger partial charge in [-0.2, -0.15) is 0 Å². The number of hydrogen-bond acceptors (Lipinski definition) is 4. The maximum absolute atomic E-state index is 5.77. The highest BCUT2D eigenvalue weighted by Gasteiger charge is 2.18. The Hall–Kier alpha value is -1.91. The average Bonchev–Trinajstić information content (AvgIpc) is 2.46. The molecule has 0 radical (unpaired) electrons. The molecule has 0 aliphatic heterocycles. The fourth-order valence-corrected chi connectivity index (χ4v) is 2.83. The van der Waals surface area contributed by atoms with Gasteiger partial charge in [-0.15, -0.1) is 0 Å². The molecular formula is C17H23N3O. The fraction of sp³-hybridized carbons (Fsp3) is 0.353. The molecule has 1 unspecified atom stereocenters. The number of nitrogens with one attached hydrogen (secondary N) is 1. The Morgan fingerprint density at radius 2 is 1.90 bits per heavy atom. The van der Waals surface area contributed by atoms with E-state index >= 15 is 0 Å². The maximum Gasteiger partial charge on any atom is 0.217 e. The van der Waals surface area contributed by atoms with E-state index in [4.69, 9.17) is 10.6 Å². The molecule has 1 heterocycles. The van der Waals surface area contributed by atoms with Gasteiger partial charge in [0.1, 0.15) is 0 Å². The summed E-state index contributed by atoms with van der Waals surface area (Å²) in [6, 6.07) is 8.27. The van der Waals surface area contributed by atoms with Crippen LogP contribution in [0.2, 0.25) is 0 Å². The SMILES string of the molecule is COc1ncccc1C(Cc1c(C)cc(C)cc1C)NN. The predicted molar refractivity (Wildman–Crippen MR) is 85.2 cm³/mol. The zero-order chi connectivity index (χ0) is 15.4. The van der Waals surface area contributed by atoms with E-state index in [9.17, 15) is 0 Å². The minimum Gasteiger partial charge on any atom is -0.481 e. The normalized spacial score (nSPS) is 12.2. The van der Waals surface area contributed by atoms with Gasteiger partial charge < -0.3 is 4.74 Å². The largest absolute Gasteiger partial charge is 0.481 e. The topological polar surface area (TPSA) is 60.2 Å². The van der Waals surface area contributed by atoms with Gasteiger partial charge in [0, 0.05) is 11.8 Å². The van der Waals surface area contributed by atoms with Crippen LogP contribution in [0.3, 0.4) is 0 Å². The summed E-state index contributed by atoms with van der Waals surface area (Å²) in [7, 11) is 1.63. The third kappa shape index (κ3) is 3.40. The third-order valence-corrected chi connectivity index (χ3v) is 3.82. The second-order valence-corrected chi connectivity index (χ2v) is 5.40. The molecule has 4 heteroatoms. The van der Waals surface area contributed by atoms with E-state index in [-0.39, 0.29) is 6.04 Å². The summed E-state index contributed by atoms with van der Waals surface area (Å²) in [6.45, 7) is 6.40. The second kappa shape index (κ2) is 6.70. The van der Waals surface area contributed by atoms with Crippen molar-refractivity contribution in [1.82, 2.24) is 10.4 Å². The molecule has 112 valence electrons. The van der Waals surface area contributed by atoms with Crippen LogP contribution in [0.1, 0.15) is 33.9 Å². The molecule has 0 aliphatic rings. The summed E-state index contributed by atoms with van der Waals surface area (Å²) >= 11 is 0. The molecule has 0 saturated heterocycles. The van der Waals surface area contributed by atoms with Crippen LogP contribution in [0.15, 0.2) is 30.5 Å². The lowest BCUT2D eigenvalue weighted by atomic mass is 9.92. The quantitative estimate of drug-likeness (QED) is 0.655. The van der Waals surface area contributed by atoms with Gasteiger partial charge in [-0.05, 0) is 49.9 Å². The number of aromatic nitrogens is 1. The molecule has 0 aliphatic carbocycles. The summed E-state index contributed by atoms with van der Waals surface area (Å²) in [5, 5.41) is 0. The summed E-state index contributed by atoms with van der Waals surface area (Å²) in [5.74, 6) is 6.39. The molecule has 1 aromatic heterocycles. The first-order valence-corrected chi connectivity index (χ1v) is 7.08. The van der Waals surface area contributed by atoms with Gasteiger partial charge >= 0.3 is 0 Å². The number of nitrogens with zero attached hydrogens (tertiary/aromatic N) is 1. The van der Waals surface area contributed by atoms with Crippen molar-refractivity contribution in [2.24, 2.45) is 5.84 Å². The Kier molecular flexibility index (Phi) is 4.94. The molecule has 2 rings (SSSR count). The monoisotopic (exact) mass is 285 g/mol. The van der Waals surface area contributed by atoms with Crippen molar-refractivity contribution in [3.8, 4) is 5.88 Å². The van der Waals surface area contributed by atoms with Crippen LogP contribution in [0.4, 0.5) is 0 Å². The number of nitrogens with two attached hydrogens (primary N) is 1. The fourth-order valence-electron chi connectivity index (χ4n) is 2.83. The highest BCUT2D eigenvalue weighted by atomic mass is 16.5. The Balaban J connectivity index is 2.36. The van der Waals surface area contributed by atoms with Gasteiger partial charge in [0.05, 0.1) is 13.2 Å². The number of hydrazine groups is 1. The van der Waals surface area contributed by atoms with E-state index in [1.165, 1.54) is 22.3 Å². The van der Waals surface area contributed by atoms with Crippen LogP contribution in [0.5, 0.6) is 5.88 Å². The van der Waals surface area contributed by atoms with E-state index in [1.54, 1.807) is 13.3 Å². The molecule has 0 fully saturated rings. The van der Waals surface area contributed by atoms with Crippen molar-refractivity contribution in [2.75, 3.05) is 7.11 Å². The smallest absolute Gasteiger partial charge is 0.217 e. The zero-order valence-corrected chi connectivity index (χ0v) is 13.1. The van der Waals surface area contributed by atoms with Crippen molar-refractivity contribution in [3.05, 3.63) is 58.3 Å². The van der Waals surface area contributed by atoms with E-state index in [0.717, 1.165) is 12.0 Å². The molecule has 1 atom stereocenters. The van der Waals surface area contributed by atoms with Gasteiger partial charge in [-0.1, -0.05) is 23.8 Å². The summed E-state index contributed by atoms with van der Waals surface area (Å²) in [4.78, 5) is 4.25. The van der Waals surface area contributed by atoms with Crippen LogP contribution in [-0.2, 0) is 6.42 Å².